The molecule has 0 heterocycles. The Kier molecular flexibility index (Phi) is 23.4. The minimum Gasteiger partial charge on any atom is -0.545 e. The van der Waals surface area contributed by atoms with Crippen LogP contribution in [-0.4, -0.2) is 36.4 Å². The van der Waals surface area contributed by atoms with Crippen LogP contribution in [0.2, 0.25) is 0 Å². The molecule has 5 aliphatic rings. The van der Waals surface area contributed by atoms with E-state index < -0.39 is 11.9 Å². The monoisotopic (exact) mass is 752 g/mol. The van der Waals surface area contributed by atoms with Gasteiger partial charge in [0.1, 0.15) is 0 Å². The predicted molar refractivity (Wildman–Crippen MR) is 180 cm³/mol. The Morgan fingerprint density at radius 2 is 0.932 bits per heavy atom. The van der Waals surface area contributed by atoms with E-state index in [9.17, 15) is 19.8 Å². The van der Waals surface area contributed by atoms with Gasteiger partial charge in [-0.1, -0.05) is 71.3 Å². The molecule has 44 heavy (non-hydrogen) atoms. The van der Waals surface area contributed by atoms with Crippen LogP contribution in [0.5, 0.6) is 0 Å². The van der Waals surface area contributed by atoms with Gasteiger partial charge >= 0.3 is 0 Å². The average molecular weight is 755 g/mol. The number of halogens is 3. The summed E-state index contributed by atoms with van der Waals surface area (Å²) in [5.41, 5.74) is 12.2. The molecule has 0 atom stereocenters. The summed E-state index contributed by atoms with van der Waals surface area (Å²) >= 11 is 16.6. The molecule has 8 heteroatoms. The van der Waals surface area contributed by atoms with Crippen LogP contribution in [0, 0.1) is 19.3 Å². The number of rotatable bonds is 4. The predicted octanol–water partition coefficient (Wildman–Crippen LogP) is 6.87. The van der Waals surface area contributed by atoms with Crippen LogP contribution < -0.4 is 10.2 Å². The molecule has 5 rings (SSSR count). The summed E-state index contributed by atoms with van der Waals surface area (Å²) < 4.78 is 0. The second-order valence-electron chi connectivity index (χ2n) is 8.60. The van der Waals surface area contributed by atoms with Crippen molar-refractivity contribution in [3.05, 3.63) is 177 Å². The van der Waals surface area contributed by atoms with Gasteiger partial charge in [-0.25, -0.2) is 0 Å². The van der Waals surface area contributed by atoms with Gasteiger partial charge in [0.2, 0.25) is 0 Å². The summed E-state index contributed by atoms with van der Waals surface area (Å²) in [5, 5.41) is 22.6. The number of carbonyl (C=O) groups excluding carboxylic acids is 2. The van der Waals surface area contributed by atoms with Crippen molar-refractivity contribution in [3.8, 4) is 0 Å². The van der Waals surface area contributed by atoms with E-state index in [0.717, 1.165) is 62.4 Å². The molecule has 0 unspecified atom stereocenters. The minimum absolute atomic E-state index is 0. The van der Waals surface area contributed by atoms with Crippen LogP contribution in [-0.2, 0) is 9.59 Å². The molecule has 0 aromatic heterocycles. The van der Waals surface area contributed by atoms with Crippen LogP contribution in [0.1, 0.15) is 26.7 Å². The van der Waals surface area contributed by atoms with Crippen molar-refractivity contribution in [2.24, 2.45) is 0 Å². The minimum atomic E-state index is -1.13. The normalized spacial score (nSPS) is 16.5. The number of allylic oxidation sites excluding steroid dienone is 19. The second kappa shape index (κ2) is 25.2. The van der Waals surface area contributed by atoms with E-state index in [4.69, 9.17) is 34.8 Å². The summed E-state index contributed by atoms with van der Waals surface area (Å²) in [7, 11) is 0. The van der Waals surface area contributed by atoms with E-state index in [-0.39, 0.29) is 24.4 Å². The Balaban J connectivity index is 0.000000531. The molecular weight excluding hydrogens is 725 g/mol. The third-order valence-corrected chi connectivity index (χ3v) is 6.01. The van der Waals surface area contributed by atoms with Crippen LogP contribution in [0.3, 0.4) is 0 Å². The molecule has 0 spiro atoms. The summed E-state index contributed by atoms with van der Waals surface area (Å²) in [5.74, 6) is -2.26. The number of hydrogen-bond acceptors (Lipinski definition) is 4. The molecule has 4 nitrogen and oxygen atoms in total. The zero-order valence-electron chi connectivity index (χ0n) is 24.2. The number of carboxylic acids is 2. The van der Waals surface area contributed by atoms with E-state index in [0.29, 0.717) is 0 Å². The van der Waals surface area contributed by atoms with Gasteiger partial charge in [0.15, 0.2) is 0 Å². The van der Waals surface area contributed by atoms with E-state index in [2.05, 4.69) is 17.2 Å². The molecule has 0 amide bonds. The molecule has 0 fully saturated rings. The Hall–Kier alpha value is -3.15. The van der Waals surface area contributed by atoms with Gasteiger partial charge in [-0.2, -0.15) is 0 Å². The molecule has 0 saturated carbocycles. The largest absolute Gasteiger partial charge is 0.545 e. The van der Waals surface area contributed by atoms with E-state index in [1.807, 2.05) is 36.5 Å². The molecule has 0 aliphatic heterocycles. The molecular formula is C36H30Cl3O4Sb-2. The number of carbonyl (C=O) groups is 2. The molecule has 5 aliphatic carbocycles. The zero-order valence-corrected chi connectivity index (χ0v) is 29.0. The van der Waals surface area contributed by atoms with E-state index in [1.54, 1.807) is 87.8 Å². The third kappa shape index (κ3) is 21.5. The Morgan fingerprint density at radius 3 is 1.09 bits per heavy atom. The number of hydrogen-bond donors (Lipinski definition) is 0. The Bertz CT molecular complexity index is 1340. The van der Waals surface area contributed by atoms with Crippen LogP contribution in [0.25, 0.3) is 0 Å². The third-order valence-electron chi connectivity index (χ3n) is 5.26. The van der Waals surface area contributed by atoms with Gasteiger partial charge in [0, 0.05) is 58.8 Å². The van der Waals surface area contributed by atoms with Gasteiger partial charge < -0.3 is 19.8 Å². The molecule has 0 N–H and O–H groups in total. The molecule has 0 saturated heterocycles. The average Bonchev–Trinajstić information content (AvgIpc) is 3.71. The van der Waals surface area contributed by atoms with Crippen LogP contribution >= 0.6 is 34.8 Å². The first-order valence-electron chi connectivity index (χ1n) is 12.9. The first-order valence-corrected chi connectivity index (χ1v) is 14.1. The standard InChI is InChI=1S/2C9H10O2.3C6H4Cl.Sb/c2*1-7(6-9(10)11)8-4-2-3-5-8;3*7-6-4-2-1-3-5-6;/h2*2-4,6H,5H2,1H3,(H,10,11);3*2-5H;/p-2/b2*7-6-;;;;. The van der Waals surface area contributed by atoms with Gasteiger partial charge in [0.05, 0.1) is 11.9 Å². The fourth-order valence-corrected chi connectivity index (χ4v) is 3.50. The molecule has 6 radical (unpaired) electrons. The van der Waals surface area contributed by atoms with E-state index in [1.165, 1.54) is 0 Å². The Morgan fingerprint density at radius 1 is 0.614 bits per heavy atom. The second-order valence-corrected chi connectivity index (χ2v) is 9.91. The molecule has 0 aromatic rings. The fourth-order valence-electron chi connectivity index (χ4n) is 3.12. The van der Waals surface area contributed by atoms with Crippen molar-refractivity contribution in [2.45, 2.75) is 26.7 Å². The molecule has 226 valence electrons. The summed E-state index contributed by atoms with van der Waals surface area (Å²) in [6.07, 6.45) is 37.0. The van der Waals surface area contributed by atoms with Crippen molar-refractivity contribution in [1.29, 1.82) is 0 Å². The SMILES string of the molecule is C/C(=C/C(=O)[O-])C1=CC=CC1.C/C(=C/C(=O)[O-])C1=CC=CC1.ClC1=CC=C=C[CH]1.ClC1=CC=C=C[CH]1.ClC1=CC=C=C[CH]1.[Sb]. The van der Waals surface area contributed by atoms with E-state index >= 15 is 0 Å². The number of aliphatic carboxylic acids is 2. The summed E-state index contributed by atoms with van der Waals surface area (Å²) in [6.45, 7) is 3.54. The topological polar surface area (TPSA) is 80.3 Å². The Labute approximate surface area is 293 Å². The maximum atomic E-state index is 10.1. The smallest absolute Gasteiger partial charge is 0.0645 e. The molecule has 0 bridgehead atoms. The fraction of sp³-hybridized carbons (Fsp3) is 0.111. The van der Waals surface area contributed by atoms with Crippen molar-refractivity contribution >= 4 is 71.2 Å². The van der Waals surface area contributed by atoms with Crippen LogP contribution in [0.4, 0.5) is 0 Å². The maximum absolute atomic E-state index is 10.1. The van der Waals surface area contributed by atoms with Crippen molar-refractivity contribution < 1.29 is 19.8 Å². The van der Waals surface area contributed by atoms with Gasteiger partial charge in [-0.15, -0.1) is 17.2 Å². The molecule has 0 aromatic carbocycles. The number of carboxylic acid groups (broad SMARTS) is 2. The summed E-state index contributed by atoms with van der Waals surface area (Å²) in [4.78, 5) is 20.3. The maximum Gasteiger partial charge on any atom is 0.0645 e. The van der Waals surface area contributed by atoms with Crippen molar-refractivity contribution in [1.82, 2.24) is 0 Å². The summed E-state index contributed by atoms with van der Waals surface area (Å²) in [6, 6.07) is 0. The quantitative estimate of drug-likeness (QED) is 0.178. The van der Waals surface area contributed by atoms with Crippen molar-refractivity contribution in [2.75, 3.05) is 0 Å². The zero-order chi connectivity index (χ0) is 31.9. The first kappa shape index (κ1) is 40.8. The first-order chi connectivity index (χ1) is 20.6. The van der Waals surface area contributed by atoms with Gasteiger partial charge in [-0.05, 0) is 116 Å². The van der Waals surface area contributed by atoms with Gasteiger partial charge in [0.25, 0.3) is 0 Å². The van der Waals surface area contributed by atoms with Gasteiger partial charge in [-0.3, -0.25) is 0 Å². The van der Waals surface area contributed by atoms with Crippen molar-refractivity contribution in [3.63, 3.8) is 0 Å². The van der Waals surface area contributed by atoms with Crippen LogP contribution in [0.15, 0.2) is 158 Å².